The van der Waals surface area contributed by atoms with E-state index in [2.05, 4.69) is 15.5 Å². The van der Waals surface area contributed by atoms with Crippen molar-refractivity contribution < 1.29 is 9.32 Å². The van der Waals surface area contributed by atoms with E-state index in [0.29, 0.717) is 23.7 Å². The molecule has 6 nitrogen and oxygen atoms in total. The molecule has 0 aliphatic heterocycles. The van der Waals surface area contributed by atoms with E-state index >= 15 is 0 Å². The fourth-order valence-corrected chi connectivity index (χ4v) is 2.57. The number of hydrogen-bond acceptors (Lipinski definition) is 5. The zero-order valence-corrected chi connectivity index (χ0v) is 12.0. The summed E-state index contributed by atoms with van der Waals surface area (Å²) in [7, 11) is 0. The Hall–Kier alpha value is -2.37. The quantitative estimate of drug-likeness (QED) is 0.874. The molecule has 1 aliphatic carbocycles. The summed E-state index contributed by atoms with van der Waals surface area (Å²) < 4.78 is 5.21. The van der Waals surface area contributed by atoms with Crippen LogP contribution in [0.25, 0.3) is 0 Å². The van der Waals surface area contributed by atoms with Crippen LogP contribution in [0.15, 0.2) is 16.7 Å². The highest BCUT2D eigenvalue weighted by Crippen LogP contribution is 2.25. The van der Waals surface area contributed by atoms with Crippen LogP contribution in [0, 0.1) is 0 Å². The number of pyridine rings is 1. The van der Waals surface area contributed by atoms with E-state index in [-0.39, 0.29) is 0 Å². The average molecular weight is 286 g/mol. The van der Waals surface area contributed by atoms with Gasteiger partial charge in [-0.25, -0.2) is 4.98 Å². The van der Waals surface area contributed by atoms with Crippen molar-refractivity contribution in [3.8, 4) is 0 Å². The van der Waals surface area contributed by atoms with Gasteiger partial charge in [-0.1, -0.05) is 12.1 Å². The number of anilines is 1. The number of nitrogens with zero attached hydrogens (tertiary/aromatic N) is 2. The molecule has 3 rings (SSSR count). The van der Waals surface area contributed by atoms with Crippen LogP contribution in [0.4, 0.5) is 5.82 Å². The molecule has 21 heavy (non-hydrogen) atoms. The highest BCUT2D eigenvalue weighted by molar-refractivity contribution is 5.97. The number of nitrogens with one attached hydrogen (secondary N) is 1. The van der Waals surface area contributed by atoms with E-state index in [4.69, 9.17) is 10.3 Å². The standard InChI is InChI=1S/C15H18N4O2/c1-2-10-7-11(21-19-10)8-17-15-12(14(16)20)6-9-4-3-5-13(9)18-15/h6-7H,2-5,8H2,1H3,(H2,16,20)(H,17,18). The predicted octanol–water partition coefficient (Wildman–Crippen LogP) is 1.83. The van der Waals surface area contributed by atoms with Gasteiger partial charge in [0, 0.05) is 11.8 Å². The number of carbonyl (C=O) groups excluding carboxylic acids is 1. The molecule has 1 amide bonds. The first-order valence-corrected chi connectivity index (χ1v) is 7.18. The van der Waals surface area contributed by atoms with Gasteiger partial charge < -0.3 is 15.6 Å². The lowest BCUT2D eigenvalue weighted by molar-refractivity contribution is 0.100. The van der Waals surface area contributed by atoms with Crippen LogP contribution in [0.2, 0.25) is 0 Å². The molecule has 2 heterocycles. The third kappa shape index (κ3) is 2.74. The van der Waals surface area contributed by atoms with Crippen molar-refractivity contribution in [2.75, 3.05) is 5.32 Å². The lowest BCUT2D eigenvalue weighted by Gasteiger charge is -2.10. The van der Waals surface area contributed by atoms with Crippen molar-refractivity contribution in [2.45, 2.75) is 39.2 Å². The second-order valence-electron chi connectivity index (χ2n) is 5.20. The SMILES string of the molecule is CCc1cc(CNc2nc3c(cc2C(N)=O)CCC3)on1. The third-order valence-corrected chi connectivity index (χ3v) is 3.72. The summed E-state index contributed by atoms with van der Waals surface area (Å²) in [6.07, 6.45) is 3.81. The Kier molecular flexibility index (Phi) is 3.60. The number of primary amides is 1. The Morgan fingerprint density at radius 3 is 3.00 bits per heavy atom. The van der Waals surface area contributed by atoms with E-state index < -0.39 is 5.91 Å². The van der Waals surface area contributed by atoms with Gasteiger partial charge in [-0.2, -0.15) is 0 Å². The molecule has 1 aliphatic rings. The highest BCUT2D eigenvalue weighted by atomic mass is 16.5. The van der Waals surface area contributed by atoms with Crippen LogP contribution >= 0.6 is 0 Å². The highest BCUT2D eigenvalue weighted by Gasteiger charge is 2.19. The summed E-state index contributed by atoms with van der Waals surface area (Å²) in [6, 6.07) is 3.75. The van der Waals surface area contributed by atoms with E-state index in [1.165, 1.54) is 0 Å². The number of aryl methyl sites for hydroxylation is 3. The summed E-state index contributed by atoms with van der Waals surface area (Å²) >= 11 is 0. The lowest BCUT2D eigenvalue weighted by atomic mass is 10.1. The van der Waals surface area contributed by atoms with Crippen LogP contribution in [0.1, 0.15) is 46.4 Å². The molecule has 3 N–H and O–H groups in total. The third-order valence-electron chi connectivity index (χ3n) is 3.72. The van der Waals surface area contributed by atoms with Crippen LogP contribution in [0.5, 0.6) is 0 Å². The van der Waals surface area contributed by atoms with Crippen molar-refractivity contribution in [1.29, 1.82) is 0 Å². The molecule has 0 aromatic carbocycles. The van der Waals surface area contributed by atoms with E-state index in [1.807, 2.05) is 19.1 Å². The summed E-state index contributed by atoms with van der Waals surface area (Å²) in [5.41, 5.74) is 8.97. The summed E-state index contributed by atoms with van der Waals surface area (Å²) in [6.45, 7) is 2.45. The fourth-order valence-electron chi connectivity index (χ4n) is 2.57. The lowest BCUT2D eigenvalue weighted by Crippen LogP contribution is -2.16. The Bertz CT molecular complexity index is 678. The van der Waals surface area contributed by atoms with Gasteiger partial charge in [-0.05, 0) is 37.3 Å². The largest absolute Gasteiger partial charge is 0.365 e. The zero-order chi connectivity index (χ0) is 14.8. The summed E-state index contributed by atoms with van der Waals surface area (Å²) in [5, 5.41) is 7.07. The Morgan fingerprint density at radius 2 is 2.29 bits per heavy atom. The van der Waals surface area contributed by atoms with Gasteiger partial charge in [0.1, 0.15) is 5.82 Å². The predicted molar refractivity (Wildman–Crippen MR) is 78.0 cm³/mol. The van der Waals surface area contributed by atoms with E-state index in [1.54, 1.807) is 0 Å². The van der Waals surface area contributed by atoms with Gasteiger partial charge in [0.25, 0.3) is 5.91 Å². The first kappa shape index (κ1) is 13.6. The molecule has 0 radical (unpaired) electrons. The number of fused-ring (bicyclic) bond motifs is 1. The fraction of sp³-hybridized carbons (Fsp3) is 0.400. The second-order valence-corrected chi connectivity index (χ2v) is 5.20. The molecule has 2 aromatic heterocycles. The maximum Gasteiger partial charge on any atom is 0.252 e. The maximum atomic E-state index is 11.6. The van der Waals surface area contributed by atoms with Crippen molar-refractivity contribution in [2.24, 2.45) is 5.73 Å². The Balaban J connectivity index is 1.82. The molecule has 6 heteroatoms. The monoisotopic (exact) mass is 286 g/mol. The van der Waals surface area contributed by atoms with Gasteiger partial charge in [0.15, 0.2) is 5.76 Å². The molecular formula is C15H18N4O2. The minimum atomic E-state index is -0.466. The topological polar surface area (TPSA) is 94.0 Å². The molecular weight excluding hydrogens is 268 g/mol. The summed E-state index contributed by atoms with van der Waals surface area (Å²) in [5.74, 6) is 0.772. The van der Waals surface area contributed by atoms with Crippen LogP contribution in [0.3, 0.4) is 0 Å². The zero-order valence-electron chi connectivity index (χ0n) is 12.0. The van der Waals surface area contributed by atoms with Crippen LogP contribution < -0.4 is 11.1 Å². The minimum Gasteiger partial charge on any atom is -0.365 e. The normalized spacial score (nSPS) is 13.2. The first-order valence-electron chi connectivity index (χ1n) is 7.18. The van der Waals surface area contributed by atoms with Gasteiger partial charge >= 0.3 is 0 Å². The Morgan fingerprint density at radius 1 is 1.43 bits per heavy atom. The van der Waals surface area contributed by atoms with E-state index in [0.717, 1.165) is 42.6 Å². The maximum absolute atomic E-state index is 11.6. The molecule has 0 saturated heterocycles. The molecule has 0 unspecified atom stereocenters. The first-order chi connectivity index (χ1) is 10.2. The number of carbonyl (C=O) groups is 1. The van der Waals surface area contributed by atoms with Gasteiger partial charge in [-0.3, -0.25) is 4.79 Å². The molecule has 0 spiro atoms. The molecule has 0 bridgehead atoms. The molecule has 0 saturated carbocycles. The van der Waals surface area contributed by atoms with E-state index in [9.17, 15) is 4.79 Å². The van der Waals surface area contributed by atoms with Gasteiger partial charge in [0.05, 0.1) is 17.8 Å². The number of nitrogens with two attached hydrogens (primary N) is 1. The van der Waals surface area contributed by atoms with Gasteiger partial charge in [0.2, 0.25) is 0 Å². The summed E-state index contributed by atoms with van der Waals surface area (Å²) in [4.78, 5) is 16.1. The average Bonchev–Trinajstić information content (AvgIpc) is 3.12. The molecule has 110 valence electrons. The van der Waals surface area contributed by atoms with Crippen molar-refractivity contribution in [3.63, 3.8) is 0 Å². The van der Waals surface area contributed by atoms with Crippen molar-refractivity contribution in [1.82, 2.24) is 10.1 Å². The number of rotatable bonds is 5. The number of amides is 1. The molecule has 2 aromatic rings. The number of aromatic nitrogens is 2. The molecule has 0 atom stereocenters. The number of hydrogen-bond donors (Lipinski definition) is 2. The van der Waals surface area contributed by atoms with Crippen LogP contribution in [-0.4, -0.2) is 16.0 Å². The Labute approximate surface area is 122 Å². The van der Waals surface area contributed by atoms with Crippen LogP contribution in [-0.2, 0) is 25.8 Å². The molecule has 0 fully saturated rings. The van der Waals surface area contributed by atoms with Crippen molar-refractivity contribution in [3.05, 3.63) is 40.4 Å². The van der Waals surface area contributed by atoms with Gasteiger partial charge in [-0.15, -0.1) is 0 Å². The smallest absolute Gasteiger partial charge is 0.252 e. The minimum absolute atomic E-state index is 0.430. The second kappa shape index (κ2) is 5.55. The van der Waals surface area contributed by atoms with Crippen molar-refractivity contribution >= 4 is 11.7 Å².